The van der Waals surface area contributed by atoms with E-state index in [1.54, 1.807) is 11.8 Å². The molecule has 0 aromatic heterocycles. The van der Waals surface area contributed by atoms with Crippen molar-refractivity contribution in [1.82, 2.24) is 5.32 Å². The molecule has 0 radical (unpaired) electrons. The Morgan fingerprint density at radius 1 is 1.56 bits per heavy atom. The summed E-state index contributed by atoms with van der Waals surface area (Å²) in [6.45, 7) is 4.09. The van der Waals surface area contributed by atoms with Crippen LogP contribution in [0.4, 0.5) is 0 Å². The van der Waals surface area contributed by atoms with Crippen LogP contribution in [-0.2, 0) is 9.53 Å². The van der Waals surface area contributed by atoms with Gasteiger partial charge in [-0.3, -0.25) is 15.2 Å². The number of ether oxygens (including phenoxy) is 1. The zero-order chi connectivity index (χ0) is 12.9. The Labute approximate surface area is 110 Å². The molecular weight excluding hydrogens is 250 g/mol. The van der Waals surface area contributed by atoms with Crippen LogP contribution in [0.25, 0.3) is 0 Å². The Hall–Kier alpha value is -1.30. The Morgan fingerprint density at radius 2 is 2.33 bits per heavy atom. The topological polar surface area (TPSA) is 74.5 Å². The molecule has 96 valence electrons. The second-order valence-electron chi connectivity index (χ2n) is 4.89. The first-order valence-corrected chi connectivity index (χ1v) is 6.89. The van der Waals surface area contributed by atoms with E-state index in [4.69, 9.17) is 10.1 Å². The first-order valence-electron chi connectivity index (χ1n) is 5.95. The summed E-state index contributed by atoms with van der Waals surface area (Å²) in [4.78, 5) is 16.5. The smallest absolute Gasteiger partial charge is 0.321 e. The molecule has 0 bridgehead atoms. The summed E-state index contributed by atoms with van der Waals surface area (Å²) < 4.78 is 5.08. The van der Waals surface area contributed by atoms with E-state index in [1.165, 1.54) is 5.57 Å². The molecule has 0 amide bonds. The molecule has 0 aromatic rings. The van der Waals surface area contributed by atoms with Gasteiger partial charge in [0.05, 0.1) is 6.04 Å². The number of hydrogen-bond donors (Lipinski definition) is 2. The molecule has 0 spiro atoms. The van der Waals surface area contributed by atoms with Crippen molar-refractivity contribution in [2.24, 2.45) is 10.9 Å². The van der Waals surface area contributed by atoms with E-state index in [1.807, 2.05) is 6.92 Å². The Balaban J connectivity index is 1.96. The maximum absolute atomic E-state index is 11.9. The fourth-order valence-corrected chi connectivity index (χ4v) is 4.47. The van der Waals surface area contributed by atoms with Gasteiger partial charge in [0.25, 0.3) is 0 Å². The first-order chi connectivity index (χ1) is 8.56. The molecule has 0 aliphatic carbocycles. The van der Waals surface area contributed by atoms with Crippen LogP contribution in [-0.4, -0.2) is 40.8 Å². The molecule has 2 saturated heterocycles. The van der Waals surface area contributed by atoms with Gasteiger partial charge >= 0.3 is 5.97 Å². The maximum atomic E-state index is 11.9. The summed E-state index contributed by atoms with van der Waals surface area (Å²) >= 11 is 1.55. The van der Waals surface area contributed by atoms with Crippen LogP contribution >= 0.6 is 11.8 Å². The van der Waals surface area contributed by atoms with E-state index in [0.717, 1.165) is 5.71 Å². The Morgan fingerprint density at radius 3 is 3.11 bits per heavy atom. The number of thioether (sulfide) groups is 1. The summed E-state index contributed by atoms with van der Waals surface area (Å²) in [5.74, 6) is 0.223. The number of amidine groups is 1. The summed E-state index contributed by atoms with van der Waals surface area (Å²) in [6.07, 6.45) is 2.06. The molecule has 6 heteroatoms. The monoisotopic (exact) mass is 265 g/mol. The van der Waals surface area contributed by atoms with Gasteiger partial charge in [-0.25, -0.2) is 0 Å². The number of aliphatic imine (C=N–C) groups is 1. The lowest BCUT2D eigenvalue weighted by molar-refractivity contribution is -0.141. The number of carbonyl (C=O) groups is 1. The third kappa shape index (κ3) is 1.75. The first kappa shape index (κ1) is 11.8. The average Bonchev–Trinajstić information content (AvgIpc) is 2.58. The number of esters is 1. The third-order valence-electron chi connectivity index (χ3n) is 3.53. The SMILES string of the molecule is CC1=CC(C)=NC2SC3C(=O)OCC(=N)NC3C12. The highest BCUT2D eigenvalue weighted by molar-refractivity contribution is 8.01. The second-order valence-corrected chi connectivity index (χ2v) is 6.15. The maximum Gasteiger partial charge on any atom is 0.321 e. The van der Waals surface area contributed by atoms with Crippen LogP contribution in [0.3, 0.4) is 0 Å². The lowest BCUT2D eigenvalue weighted by atomic mass is 9.87. The molecular formula is C12H15N3O2S. The number of nitrogens with zero attached hydrogens (tertiary/aromatic N) is 1. The van der Waals surface area contributed by atoms with Gasteiger partial charge in [-0.2, -0.15) is 0 Å². The van der Waals surface area contributed by atoms with E-state index in [2.05, 4.69) is 23.3 Å². The van der Waals surface area contributed by atoms with Crippen LogP contribution in [0.1, 0.15) is 13.8 Å². The number of rotatable bonds is 0. The minimum Gasteiger partial charge on any atom is -0.457 e. The van der Waals surface area contributed by atoms with Crippen molar-refractivity contribution in [1.29, 1.82) is 5.41 Å². The summed E-state index contributed by atoms with van der Waals surface area (Å²) in [5, 5.41) is 10.7. The fourth-order valence-electron chi connectivity index (χ4n) is 2.80. The van der Waals surface area contributed by atoms with Gasteiger partial charge in [-0.05, 0) is 19.9 Å². The van der Waals surface area contributed by atoms with Crippen molar-refractivity contribution in [3.05, 3.63) is 11.6 Å². The van der Waals surface area contributed by atoms with Gasteiger partial charge < -0.3 is 10.1 Å². The summed E-state index contributed by atoms with van der Waals surface area (Å²) in [6, 6.07) is -0.0735. The number of cyclic esters (lactones) is 1. The highest BCUT2D eigenvalue weighted by atomic mass is 32.2. The molecule has 0 aromatic carbocycles. The molecule has 2 N–H and O–H groups in total. The molecule has 3 aliphatic heterocycles. The summed E-state index contributed by atoms with van der Waals surface area (Å²) in [7, 11) is 0. The minimum absolute atomic E-state index is 0.0504. The van der Waals surface area contributed by atoms with Crippen LogP contribution in [0.15, 0.2) is 16.6 Å². The molecule has 3 aliphatic rings. The van der Waals surface area contributed by atoms with Crippen molar-refractivity contribution in [3.63, 3.8) is 0 Å². The molecule has 4 unspecified atom stereocenters. The van der Waals surface area contributed by atoms with Gasteiger partial charge in [-0.1, -0.05) is 5.57 Å². The van der Waals surface area contributed by atoms with Crippen LogP contribution in [0, 0.1) is 11.3 Å². The molecule has 18 heavy (non-hydrogen) atoms. The number of fused-ring (bicyclic) bond motifs is 3. The minimum atomic E-state index is -0.263. The lowest BCUT2D eigenvalue weighted by Gasteiger charge is -2.27. The Kier molecular flexibility index (Phi) is 2.69. The number of hydrogen-bond acceptors (Lipinski definition) is 5. The van der Waals surface area contributed by atoms with E-state index in [9.17, 15) is 4.79 Å². The van der Waals surface area contributed by atoms with Crippen molar-refractivity contribution in [3.8, 4) is 0 Å². The van der Waals surface area contributed by atoms with Crippen molar-refractivity contribution >= 4 is 29.3 Å². The largest absolute Gasteiger partial charge is 0.457 e. The van der Waals surface area contributed by atoms with Crippen LogP contribution in [0.2, 0.25) is 0 Å². The number of allylic oxidation sites excluding steroid dienone is 1. The predicted molar refractivity (Wildman–Crippen MR) is 71.1 cm³/mol. The molecule has 5 nitrogen and oxygen atoms in total. The Bertz CT molecular complexity index is 486. The second kappa shape index (κ2) is 4.12. The molecule has 2 fully saturated rings. The fraction of sp³-hybridized carbons (Fsp3) is 0.583. The van der Waals surface area contributed by atoms with Gasteiger partial charge in [0.15, 0.2) is 0 Å². The quantitative estimate of drug-likeness (QED) is 0.640. The number of nitrogens with one attached hydrogen (secondary N) is 2. The summed E-state index contributed by atoms with van der Waals surface area (Å²) in [5.41, 5.74) is 2.23. The normalized spacial score (nSPS) is 38.8. The van der Waals surface area contributed by atoms with Gasteiger partial charge in [0.2, 0.25) is 0 Å². The zero-order valence-electron chi connectivity index (χ0n) is 10.3. The highest BCUT2D eigenvalue weighted by Gasteiger charge is 2.51. The molecule has 3 rings (SSSR count). The van der Waals surface area contributed by atoms with E-state index >= 15 is 0 Å². The molecule has 4 atom stereocenters. The van der Waals surface area contributed by atoms with Crippen LogP contribution < -0.4 is 5.32 Å². The highest BCUT2D eigenvalue weighted by Crippen LogP contribution is 2.45. The number of dihydropyridines is 1. The zero-order valence-corrected chi connectivity index (χ0v) is 11.1. The molecule has 0 saturated carbocycles. The van der Waals surface area contributed by atoms with Gasteiger partial charge in [0.1, 0.15) is 23.1 Å². The number of carbonyl (C=O) groups excluding carboxylic acids is 1. The molecule has 3 heterocycles. The van der Waals surface area contributed by atoms with Crippen molar-refractivity contribution in [2.75, 3.05) is 6.61 Å². The van der Waals surface area contributed by atoms with E-state index < -0.39 is 0 Å². The van der Waals surface area contributed by atoms with Crippen LogP contribution in [0.5, 0.6) is 0 Å². The van der Waals surface area contributed by atoms with Crippen molar-refractivity contribution in [2.45, 2.75) is 30.5 Å². The predicted octanol–water partition coefficient (Wildman–Crippen LogP) is 0.957. The third-order valence-corrected chi connectivity index (χ3v) is 4.99. The van der Waals surface area contributed by atoms with E-state index in [-0.39, 0.29) is 41.0 Å². The van der Waals surface area contributed by atoms with Gasteiger partial charge in [0, 0.05) is 11.6 Å². The van der Waals surface area contributed by atoms with Gasteiger partial charge in [-0.15, -0.1) is 11.8 Å². The lowest BCUT2D eigenvalue weighted by Crippen LogP contribution is -2.45. The average molecular weight is 265 g/mol. The standard InChI is InChI=1S/C12H15N3O2S/c1-5-3-6(2)14-11-8(5)9-10(18-11)12(16)17-4-7(13)15-9/h3,8-11H,4H2,1-2H3,(H2,13,15). The van der Waals surface area contributed by atoms with E-state index in [0.29, 0.717) is 0 Å². The van der Waals surface area contributed by atoms with Crippen molar-refractivity contribution < 1.29 is 9.53 Å².